The van der Waals surface area contributed by atoms with Crippen LogP contribution in [0.5, 0.6) is 0 Å². The number of carbonyl (C=O) groups excluding carboxylic acids is 1. The number of piperazine rings is 1. The van der Waals surface area contributed by atoms with E-state index in [1.54, 1.807) is 0 Å². The first kappa shape index (κ1) is 9.85. The third-order valence-electron chi connectivity index (χ3n) is 3.69. The molecule has 2 heterocycles. The molecule has 3 rings (SSSR count). The van der Waals surface area contributed by atoms with Gasteiger partial charge >= 0.3 is 0 Å². The maximum absolute atomic E-state index is 12.2. The highest BCUT2D eigenvalue weighted by molar-refractivity contribution is 5.99. The first-order valence-electron chi connectivity index (χ1n) is 5.96. The minimum atomic E-state index is 0.209. The Balaban J connectivity index is 2.08. The lowest BCUT2D eigenvalue weighted by Gasteiger charge is -2.37. The van der Waals surface area contributed by atoms with E-state index in [9.17, 15) is 4.79 Å². The summed E-state index contributed by atoms with van der Waals surface area (Å²) in [5.74, 6) is 0.209. The molecule has 0 bridgehead atoms. The molecule has 1 saturated heterocycles. The molecule has 0 aliphatic carbocycles. The van der Waals surface area contributed by atoms with E-state index < -0.39 is 0 Å². The lowest BCUT2D eigenvalue weighted by molar-refractivity contribution is 0.0625. The molecule has 2 atom stereocenters. The SMILES string of the molecule is CCC1NCCN2C(=O)c3ccccc3C12. The summed E-state index contributed by atoms with van der Waals surface area (Å²) in [6, 6.07) is 8.67. The van der Waals surface area contributed by atoms with Crippen molar-refractivity contribution in [2.45, 2.75) is 25.4 Å². The molecule has 16 heavy (non-hydrogen) atoms. The first-order chi connectivity index (χ1) is 7.83. The summed E-state index contributed by atoms with van der Waals surface area (Å²) >= 11 is 0. The van der Waals surface area contributed by atoms with Crippen LogP contribution in [0.3, 0.4) is 0 Å². The number of hydrogen-bond acceptors (Lipinski definition) is 2. The monoisotopic (exact) mass is 216 g/mol. The largest absolute Gasteiger partial charge is 0.329 e. The van der Waals surface area contributed by atoms with Gasteiger partial charge in [0.1, 0.15) is 0 Å². The van der Waals surface area contributed by atoms with Crippen molar-refractivity contribution in [3.8, 4) is 0 Å². The van der Waals surface area contributed by atoms with Crippen molar-refractivity contribution in [1.29, 1.82) is 0 Å². The Morgan fingerprint density at radius 1 is 1.44 bits per heavy atom. The number of carbonyl (C=O) groups is 1. The van der Waals surface area contributed by atoms with Gasteiger partial charge in [-0.15, -0.1) is 0 Å². The Morgan fingerprint density at radius 3 is 3.06 bits per heavy atom. The number of amides is 1. The number of nitrogens with zero attached hydrogens (tertiary/aromatic N) is 1. The maximum Gasteiger partial charge on any atom is 0.254 e. The number of benzene rings is 1. The highest BCUT2D eigenvalue weighted by Gasteiger charge is 2.41. The Morgan fingerprint density at radius 2 is 2.25 bits per heavy atom. The summed E-state index contributed by atoms with van der Waals surface area (Å²) in [6.45, 7) is 3.91. The zero-order valence-electron chi connectivity index (χ0n) is 9.44. The molecule has 0 saturated carbocycles. The van der Waals surface area contributed by atoms with E-state index in [1.807, 2.05) is 23.1 Å². The smallest absolute Gasteiger partial charge is 0.254 e. The Bertz CT molecular complexity index is 430. The van der Waals surface area contributed by atoms with Gasteiger partial charge in [-0.2, -0.15) is 0 Å². The molecule has 0 spiro atoms. The van der Waals surface area contributed by atoms with Gasteiger partial charge in [-0.1, -0.05) is 25.1 Å². The maximum atomic E-state index is 12.2. The molecule has 1 fully saturated rings. The molecular formula is C13H16N2O. The normalized spacial score (nSPS) is 27.8. The van der Waals surface area contributed by atoms with Crippen LogP contribution in [0.25, 0.3) is 0 Å². The van der Waals surface area contributed by atoms with Gasteiger partial charge in [0.15, 0.2) is 0 Å². The summed E-state index contributed by atoms with van der Waals surface area (Å²) in [5, 5.41) is 3.51. The molecule has 0 radical (unpaired) electrons. The molecule has 1 aromatic rings. The van der Waals surface area contributed by atoms with E-state index in [0.29, 0.717) is 6.04 Å². The van der Waals surface area contributed by atoms with Crippen LogP contribution in [0.1, 0.15) is 35.3 Å². The molecule has 1 N–H and O–H groups in total. The summed E-state index contributed by atoms with van der Waals surface area (Å²) in [4.78, 5) is 14.2. The van der Waals surface area contributed by atoms with E-state index in [-0.39, 0.29) is 11.9 Å². The number of hydrogen-bond donors (Lipinski definition) is 1. The topological polar surface area (TPSA) is 32.3 Å². The third-order valence-corrected chi connectivity index (χ3v) is 3.69. The van der Waals surface area contributed by atoms with Gasteiger partial charge in [-0.25, -0.2) is 0 Å². The predicted molar refractivity (Wildman–Crippen MR) is 62.3 cm³/mol. The Kier molecular flexibility index (Phi) is 2.21. The van der Waals surface area contributed by atoms with Gasteiger partial charge in [0.05, 0.1) is 6.04 Å². The molecule has 1 amide bonds. The first-order valence-corrected chi connectivity index (χ1v) is 5.96. The van der Waals surface area contributed by atoms with Gasteiger partial charge in [0.25, 0.3) is 5.91 Å². The van der Waals surface area contributed by atoms with Crippen molar-refractivity contribution >= 4 is 5.91 Å². The highest BCUT2D eigenvalue weighted by atomic mass is 16.2. The van der Waals surface area contributed by atoms with Crippen molar-refractivity contribution in [3.63, 3.8) is 0 Å². The standard InChI is InChI=1S/C13H16N2O/c1-2-11-12-9-5-3-4-6-10(9)13(16)15(12)8-7-14-11/h3-6,11-12,14H,2,7-8H2,1H3. The molecule has 0 aromatic heterocycles. The van der Waals surface area contributed by atoms with Gasteiger partial charge in [-0.3, -0.25) is 4.79 Å². The third kappa shape index (κ3) is 1.21. The Labute approximate surface area is 95.4 Å². The highest BCUT2D eigenvalue weighted by Crippen LogP contribution is 2.37. The van der Waals surface area contributed by atoms with Crippen LogP contribution in [0.4, 0.5) is 0 Å². The van der Waals surface area contributed by atoms with Crippen molar-refractivity contribution in [2.75, 3.05) is 13.1 Å². The van der Waals surface area contributed by atoms with Gasteiger partial charge < -0.3 is 10.2 Å². The van der Waals surface area contributed by atoms with E-state index in [2.05, 4.69) is 18.3 Å². The second kappa shape index (κ2) is 3.59. The lowest BCUT2D eigenvalue weighted by Crippen LogP contribution is -2.51. The molecule has 3 heteroatoms. The van der Waals surface area contributed by atoms with E-state index in [1.165, 1.54) is 5.56 Å². The zero-order chi connectivity index (χ0) is 11.1. The van der Waals surface area contributed by atoms with Crippen LogP contribution in [0.15, 0.2) is 24.3 Å². The average Bonchev–Trinajstić information content (AvgIpc) is 2.64. The fraction of sp³-hybridized carbons (Fsp3) is 0.462. The number of fused-ring (bicyclic) bond motifs is 3. The number of rotatable bonds is 1. The van der Waals surface area contributed by atoms with E-state index >= 15 is 0 Å². The van der Waals surface area contributed by atoms with E-state index in [4.69, 9.17) is 0 Å². The van der Waals surface area contributed by atoms with Crippen molar-refractivity contribution in [3.05, 3.63) is 35.4 Å². The molecule has 1 aromatic carbocycles. The molecule has 2 aliphatic rings. The van der Waals surface area contributed by atoms with Crippen LogP contribution < -0.4 is 5.32 Å². The molecule has 2 aliphatic heterocycles. The quantitative estimate of drug-likeness (QED) is 0.772. The molecule has 84 valence electrons. The fourth-order valence-electron chi connectivity index (χ4n) is 2.92. The van der Waals surface area contributed by atoms with Crippen molar-refractivity contribution in [2.24, 2.45) is 0 Å². The second-order valence-electron chi connectivity index (χ2n) is 4.50. The molecule has 2 unspecified atom stereocenters. The molecule has 3 nitrogen and oxygen atoms in total. The van der Waals surface area contributed by atoms with Crippen LogP contribution >= 0.6 is 0 Å². The van der Waals surface area contributed by atoms with Crippen LogP contribution in [0, 0.1) is 0 Å². The summed E-state index contributed by atoms with van der Waals surface area (Å²) < 4.78 is 0. The van der Waals surface area contributed by atoms with Crippen LogP contribution in [-0.4, -0.2) is 29.9 Å². The lowest BCUT2D eigenvalue weighted by atomic mass is 9.95. The van der Waals surface area contributed by atoms with Crippen molar-refractivity contribution in [1.82, 2.24) is 10.2 Å². The van der Waals surface area contributed by atoms with Gasteiger partial charge in [0.2, 0.25) is 0 Å². The average molecular weight is 216 g/mol. The summed E-state index contributed by atoms with van der Waals surface area (Å²) in [5.41, 5.74) is 2.10. The van der Waals surface area contributed by atoms with Crippen LogP contribution in [-0.2, 0) is 0 Å². The summed E-state index contributed by atoms with van der Waals surface area (Å²) in [6.07, 6.45) is 1.06. The zero-order valence-corrected chi connectivity index (χ0v) is 9.44. The minimum Gasteiger partial charge on any atom is -0.329 e. The fourth-order valence-corrected chi connectivity index (χ4v) is 2.92. The van der Waals surface area contributed by atoms with Crippen molar-refractivity contribution < 1.29 is 4.79 Å². The predicted octanol–water partition coefficient (Wildman–Crippen LogP) is 1.57. The van der Waals surface area contributed by atoms with E-state index in [0.717, 1.165) is 25.1 Å². The van der Waals surface area contributed by atoms with Gasteiger partial charge in [0, 0.05) is 24.7 Å². The number of nitrogens with one attached hydrogen (secondary N) is 1. The minimum absolute atomic E-state index is 0.209. The Hall–Kier alpha value is -1.35. The summed E-state index contributed by atoms with van der Waals surface area (Å²) in [7, 11) is 0. The second-order valence-corrected chi connectivity index (χ2v) is 4.50. The van der Waals surface area contributed by atoms with Gasteiger partial charge in [-0.05, 0) is 18.1 Å². The molecular weight excluding hydrogens is 200 g/mol. The van der Waals surface area contributed by atoms with Crippen LogP contribution in [0.2, 0.25) is 0 Å².